The summed E-state index contributed by atoms with van der Waals surface area (Å²) in [5, 5.41) is 11.9. The molecule has 2 heterocycles. The van der Waals surface area contributed by atoms with Gasteiger partial charge in [-0.3, -0.25) is 9.59 Å². The summed E-state index contributed by atoms with van der Waals surface area (Å²) in [4.78, 5) is 25.6. The Balaban J connectivity index is 1.91. The maximum atomic E-state index is 12.3. The number of piperidine rings is 1. The molecule has 0 spiro atoms. The van der Waals surface area contributed by atoms with Gasteiger partial charge in [-0.2, -0.15) is 0 Å². The third kappa shape index (κ3) is 1.76. The predicted molar refractivity (Wildman–Crippen MR) is 68.8 cm³/mol. The molecule has 2 amide bonds. The van der Waals surface area contributed by atoms with Crippen LogP contribution in [0, 0.1) is 5.21 Å². The average Bonchev–Trinajstić information content (AvgIpc) is 2.72. The van der Waals surface area contributed by atoms with Crippen molar-refractivity contribution in [2.75, 3.05) is 12.3 Å². The number of anilines is 1. The van der Waals surface area contributed by atoms with Crippen molar-refractivity contribution in [3.8, 4) is 0 Å². The van der Waals surface area contributed by atoms with Gasteiger partial charge in [-0.25, -0.2) is 0 Å². The van der Waals surface area contributed by atoms with Crippen molar-refractivity contribution in [1.82, 2.24) is 9.96 Å². The summed E-state index contributed by atoms with van der Waals surface area (Å²) in [5.74, 6) is -0.734. The van der Waals surface area contributed by atoms with Crippen LogP contribution in [0.25, 0.3) is 0 Å². The molecule has 1 aromatic rings. The van der Waals surface area contributed by atoms with Crippen LogP contribution in [0.5, 0.6) is 0 Å². The molecule has 1 aromatic carbocycles. The van der Waals surface area contributed by atoms with Gasteiger partial charge in [-0.1, -0.05) is 6.07 Å². The fourth-order valence-corrected chi connectivity index (χ4v) is 2.75. The van der Waals surface area contributed by atoms with Crippen molar-refractivity contribution < 1.29 is 9.59 Å². The summed E-state index contributed by atoms with van der Waals surface area (Å²) >= 11 is 0. The van der Waals surface area contributed by atoms with E-state index in [0.29, 0.717) is 35.7 Å². The molecular formula is C13H14N3O3-. The Bertz CT molecular complexity index is 558. The molecule has 6 nitrogen and oxygen atoms in total. The van der Waals surface area contributed by atoms with Gasteiger partial charge in [0.25, 0.3) is 5.91 Å². The van der Waals surface area contributed by atoms with Gasteiger partial charge >= 0.3 is 0 Å². The van der Waals surface area contributed by atoms with E-state index in [1.165, 1.54) is 4.90 Å². The number of amides is 2. The molecule has 2 aliphatic rings. The minimum atomic E-state index is -0.648. The number of fused-ring (bicyclic) bond motifs is 1. The van der Waals surface area contributed by atoms with E-state index in [1.54, 1.807) is 18.2 Å². The lowest BCUT2D eigenvalue weighted by molar-refractivity contribution is -0.136. The Labute approximate surface area is 110 Å². The number of carbonyl (C=O) groups is 2. The number of benzene rings is 1. The molecule has 3 rings (SSSR count). The van der Waals surface area contributed by atoms with Gasteiger partial charge in [0.15, 0.2) is 0 Å². The summed E-state index contributed by atoms with van der Waals surface area (Å²) in [6, 6.07) is 4.51. The highest BCUT2D eigenvalue weighted by Crippen LogP contribution is 2.31. The number of nitrogens with two attached hydrogens (primary N) is 1. The molecule has 0 aromatic heterocycles. The topological polar surface area (TPSA) is 89.7 Å². The van der Waals surface area contributed by atoms with E-state index >= 15 is 0 Å². The highest BCUT2D eigenvalue weighted by molar-refractivity contribution is 6.02. The third-order valence-corrected chi connectivity index (χ3v) is 3.78. The van der Waals surface area contributed by atoms with E-state index in [-0.39, 0.29) is 12.5 Å². The van der Waals surface area contributed by atoms with E-state index in [4.69, 9.17) is 5.73 Å². The first kappa shape index (κ1) is 12.0. The lowest BCUT2D eigenvalue weighted by Crippen LogP contribution is -2.50. The zero-order chi connectivity index (χ0) is 13.6. The van der Waals surface area contributed by atoms with Gasteiger partial charge in [-0.15, -0.1) is 0 Å². The Hall–Kier alpha value is -2.08. The second-order valence-corrected chi connectivity index (χ2v) is 4.90. The van der Waals surface area contributed by atoms with E-state index in [1.807, 2.05) is 0 Å². The molecule has 1 atom stereocenters. The minimum absolute atomic E-state index is 0.212. The van der Waals surface area contributed by atoms with E-state index < -0.39 is 11.9 Å². The molecule has 100 valence electrons. The number of hydrogen-bond donors (Lipinski definition) is 1. The van der Waals surface area contributed by atoms with Crippen molar-refractivity contribution in [3.05, 3.63) is 34.5 Å². The standard InChI is InChI=1S/C13H14N3O3/c14-10-4-1-3-8-9(10)7-15(12(8)17)11-5-2-6-16(19)13(11)18/h1,3-4,11H,2,5-7,14H2/q-1. The van der Waals surface area contributed by atoms with Crippen LogP contribution in [-0.2, 0) is 11.3 Å². The molecule has 2 aliphatic heterocycles. The Morgan fingerprint density at radius 1 is 1.32 bits per heavy atom. The maximum absolute atomic E-state index is 12.3. The summed E-state index contributed by atoms with van der Waals surface area (Å²) in [5.41, 5.74) is 7.69. The van der Waals surface area contributed by atoms with Crippen LogP contribution < -0.4 is 5.73 Å². The van der Waals surface area contributed by atoms with Crippen LogP contribution >= 0.6 is 0 Å². The number of hydroxylamine groups is 2. The number of rotatable bonds is 1. The maximum Gasteiger partial charge on any atom is 0.255 e. The molecule has 6 heteroatoms. The number of nitrogen functional groups attached to an aromatic ring is 1. The first-order valence-electron chi connectivity index (χ1n) is 6.26. The highest BCUT2D eigenvalue weighted by Gasteiger charge is 2.38. The zero-order valence-corrected chi connectivity index (χ0v) is 10.3. The zero-order valence-electron chi connectivity index (χ0n) is 10.3. The van der Waals surface area contributed by atoms with Crippen molar-refractivity contribution in [3.63, 3.8) is 0 Å². The van der Waals surface area contributed by atoms with Crippen LogP contribution in [0.1, 0.15) is 28.8 Å². The van der Waals surface area contributed by atoms with Crippen LogP contribution in [-0.4, -0.2) is 34.4 Å². The SMILES string of the molecule is Nc1cccc2c1CN(C1CCCN([O-])C1=O)C2=O. The van der Waals surface area contributed by atoms with Crippen molar-refractivity contribution >= 4 is 17.5 Å². The molecule has 2 N–H and O–H groups in total. The Morgan fingerprint density at radius 2 is 2.11 bits per heavy atom. The quantitative estimate of drug-likeness (QED) is 0.753. The monoisotopic (exact) mass is 260 g/mol. The summed E-state index contributed by atoms with van der Waals surface area (Å²) in [7, 11) is 0. The smallest absolute Gasteiger partial charge is 0.255 e. The lowest BCUT2D eigenvalue weighted by Gasteiger charge is -2.40. The summed E-state index contributed by atoms with van der Waals surface area (Å²) in [6.07, 6.45) is 1.16. The molecular weight excluding hydrogens is 246 g/mol. The van der Waals surface area contributed by atoms with Gasteiger partial charge in [-0.05, 0) is 25.0 Å². The molecule has 0 saturated carbocycles. The van der Waals surface area contributed by atoms with Crippen molar-refractivity contribution in [1.29, 1.82) is 0 Å². The largest absolute Gasteiger partial charge is 0.756 e. The molecule has 1 fully saturated rings. The van der Waals surface area contributed by atoms with Crippen LogP contribution in [0.2, 0.25) is 0 Å². The lowest BCUT2D eigenvalue weighted by atomic mass is 10.0. The van der Waals surface area contributed by atoms with Gasteiger partial charge < -0.3 is 20.9 Å². The van der Waals surface area contributed by atoms with Gasteiger partial charge in [0.2, 0.25) is 5.91 Å². The number of carbonyl (C=O) groups excluding carboxylic acids is 2. The first-order chi connectivity index (χ1) is 9.09. The van der Waals surface area contributed by atoms with Gasteiger partial charge in [0.1, 0.15) is 6.04 Å². The molecule has 0 aliphatic carbocycles. The predicted octanol–water partition coefficient (Wildman–Crippen LogP) is 0.713. The van der Waals surface area contributed by atoms with Crippen LogP contribution in [0.4, 0.5) is 5.69 Å². The van der Waals surface area contributed by atoms with Gasteiger partial charge in [0.05, 0.1) is 0 Å². The van der Waals surface area contributed by atoms with E-state index in [2.05, 4.69) is 0 Å². The van der Waals surface area contributed by atoms with Crippen LogP contribution in [0.3, 0.4) is 0 Å². The third-order valence-electron chi connectivity index (χ3n) is 3.78. The minimum Gasteiger partial charge on any atom is -0.756 e. The summed E-state index contributed by atoms with van der Waals surface area (Å²) < 4.78 is 0. The second-order valence-electron chi connectivity index (χ2n) is 4.90. The number of hydrogen-bond acceptors (Lipinski definition) is 4. The Morgan fingerprint density at radius 3 is 2.84 bits per heavy atom. The van der Waals surface area contributed by atoms with Crippen LogP contribution in [0.15, 0.2) is 18.2 Å². The fourth-order valence-electron chi connectivity index (χ4n) is 2.75. The Kier molecular flexibility index (Phi) is 2.67. The summed E-state index contributed by atoms with van der Waals surface area (Å²) in [6.45, 7) is 0.525. The second kappa shape index (κ2) is 4.24. The van der Waals surface area contributed by atoms with E-state index in [0.717, 1.165) is 5.56 Å². The normalized spacial score (nSPS) is 22.9. The molecule has 0 radical (unpaired) electrons. The fraction of sp³-hybridized carbons (Fsp3) is 0.385. The molecule has 1 unspecified atom stereocenters. The van der Waals surface area contributed by atoms with Gasteiger partial charge in [0, 0.05) is 29.9 Å². The molecule has 0 bridgehead atoms. The number of nitrogens with zero attached hydrogens (tertiary/aromatic N) is 2. The molecule has 1 saturated heterocycles. The highest BCUT2D eigenvalue weighted by atomic mass is 16.5. The molecule has 19 heavy (non-hydrogen) atoms. The first-order valence-corrected chi connectivity index (χ1v) is 6.26. The van der Waals surface area contributed by atoms with E-state index in [9.17, 15) is 14.8 Å². The van der Waals surface area contributed by atoms with Crippen molar-refractivity contribution in [2.24, 2.45) is 0 Å². The average molecular weight is 260 g/mol. The van der Waals surface area contributed by atoms with Crippen molar-refractivity contribution in [2.45, 2.75) is 25.4 Å².